The number of nitrogens with zero attached hydrogens (tertiary/aromatic N) is 1. The van der Waals surface area contributed by atoms with Gasteiger partial charge in [-0.25, -0.2) is 5.43 Å². The van der Waals surface area contributed by atoms with E-state index in [0.29, 0.717) is 11.5 Å². The molecule has 0 spiro atoms. The zero-order chi connectivity index (χ0) is 12.8. The highest BCUT2D eigenvalue weighted by atomic mass is 16.5. The van der Waals surface area contributed by atoms with Gasteiger partial charge in [0.1, 0.15) is 5.75 Å². The molecule has 1 aromatic rings. The Balaban J connectivity index is 2.81. The molecule has 6 nitrogen and oxygen atoms in total. The number of carbonyl (C=O) groups is 2. The average Bonchev–Trinajstić information content (AvgIpc) is 2.35. The maximum Gasteiger partial charge on any atom is 0.329 e. The minimum Gasteiger partial charge on any atom is -0.497 e. The van der Waals surface area contributed by atoms with Crippen LogP contribution >= 0.6 is 0 Å². The summed E-state index contributed by atoms with van der Waals surface area (Å²) in [5.41, 5.74) is 8.13. The first-order valence-corrected chi connectivity index (χ1v) is 4.83. The molecule has 0 aliphatic heterocycles. The van der Waals surface area contributed by atoms with Crippen LogP contribution in [0.2, 0.25) is 0 Å². The Kier molecular flexibility index (Phi) is 4.21. The van der Waals surface area contributed by atoms with Gasteiger partial charge in [-0.3, -0.25) is 9.59 Å². The van der Waals surface area contributed by atoms with Crippen molar-refractivity contribution in [3.8, 4) is 5.75 Å². The topological polar surface area (TPSA) is 93.8 Å². The second-order valence-corrected chi connectivity index (χ2v) is 3.23. The van der Waals surface area contributed by atoms with Crippen molar-refractivity contribution in [1.29, 1.82) is 0 Å². The summed E-state index contributed by atoms with van der Waals surface area (Å²) in [6, 6.07) is 7.15. The van der Waals surface area contributed by atoms with E-state index >= 15 is 0 Å². The summed E-state index contributed by atoms with van der Waals surface area (Å²) in [5.74, 6) is -1.35. The van der Waals surface area contributed by atoms with Gasteiger partial charge in [0.2, 0.25) is 0 Å². The van der Waals surface area contributed by atoms with Crippen LogP contribution in [0.25, 0.3) is 0 Å². The van der Waals surface area contributed by atoms with Crippen molar-refractivity contribution in [3.63, 3.8) is 0 Å². The van der Waals surface area contributed by atoms with Gasteiger partial charge in [0.05, 0.1) is 12.8 Å². The number of carbonyl (C=O) groups excluding carboxylic acids is 2. The van der Waals surface area contributed by atoms with Crippen LogP contribution in [0.1, 0.15) is 12.5 Å². The molecule has 0 fully saturated rings. The fourth-order valence-corrected chi connectivity index (χ4v) is 1.10. The molecule has 3 N–H and O–H groups in total. The zero-order valence-electron chi connectivity index (χ0n) is 9.56. The standard InChI is InChI=1S/C11H13N3O3/c1-7(13-14-11(16)10(12)15)8-4-3-5-9(6-8)17-2/h3-6H,1-2H3,(H2,12,15)(H,14,16)/b13-7-. The molecule has 6 heteroatoms. The summed E-state index contributed by atoms with van der Waals surface area (Å²) < 4.78 is 5.05. The van der Waals surface area contributed by atoms with Crippen LogP contribution < -0.4 is 15.9 Å². The highest BCUT2D eigenvalue weighted by Crippen LogP contribution is 2.12. The predicted octanol–water partition coefficient (Wildman–Crippen LogP) is 0.0207. The lowest BCUT2D eigenvalue weighted by Gasteiger charge is -2.04. The van der Waals surface area contributed by atoms with Crippen molar-refractivity contribution in [2.24, 2.45) is 10.8 Å². The normalized spacial score (nSPS) is 10.8. The largest absolute Gasteiger partial charge is 0.497 e. The zero-order valence-corrected chi connectivity index (χ0v) is 9.56. The Labute approximate surface area is 98.4 Å². The first-order chi connectivity index (χ1) is 8.04. The number of primary amides is 1. The molecular weight excluding hydrogens is 222 g/mol. The molecule has 1 rings (SSSR count). The maximum absolute atomic E-state index is 10.9. The van der Waals surface area contributed by atoms with Crippen LogP contribution in [0, 0.1) is 0 Å². The van der Waals surface area contributed by atoms with E-state index in [1.54, 1.807) is 38.3 Å². The van der Waals surface area contributed by atoms with Crippen LogP contribution in [0.3, 0.4) is 0 Å². The number of nitrogens with one attached hydrogen (secondary N) is 1. The molecule has 0 saturated heterocycles. The number of hydrogen-bond donors (Lipinski definition) is 2. The molecule has 0 bridgehead atoms. The van der Waals surface area contributed by atoms with Gasteiger partial charge in [-0.2, -0.15) is 5.10 Å². The highest BCUT2D eigenvalue weighted by Gasteiger charge is 2.07. The predicted molar refractivity (Wildman–Crippen MR) is 62.5 cm³/mol. The van der Waals surface area contributed by atoms with Crippen molar-refractivity contribution in [3.05, 3.63) is 29.8 Å². The van der Waals surface area contributed by atoms with E-state index in [-0.39, 0.29) is 0 Å². The molecule has 2 amide bonds. The minimum atomic E-state index is -1.08. The molecule has 0 radical (unpaired) electrons. The van der Waals surface area contributed by atoms with E-state index in [9.17, 15) is 9.59 Å². The molecule has 1 aromatic carbocycles. The van der Waals surface area contributed by atoms with Crippen LogP contribution in [0.4, 0.5) is 0 Å². The van der Waals surface area contributed by atoms with Crippen LogP contribution in [-0.2, 0) is 9.59 Å². The molecule has 0 aliphatic rings. The summed E-state index contributed by atoms with van der Waals surface area (Å²) in [4.78, 5) is 21.4. The summed E-state index contributed by atoms with van der Waals surface area (Å²) >= 11 is 0. The third-order valence-corrected chi connectivity index (χ3v) is 2.04. The molecule has 90 valence electrons. The second-order valence-electron chi connectivity index (χ2n) is 3.23. The Morgan fingerprint density at radius 1 is 1.41 bits per heavy atom. The summed E-state index contributed by atoms with van der Waals surface area (Å²) in [6.07, 6.45) is 0. The molecule has 0 aliphatic carbocycles. The van der Waals surface area contributed by atoms with Crippen LogP contribution in [0.15, 0.2) is 29.4 Å². The Morgan fingerprint density at radius 2 is 2.12 bits per heavy atom. The average molecular weight is 235 g/mol. The number of methoxy groups -OCH3 is 1. The Hall–Kier alpha value is -2.37. The smallest absolute Gasteiger partial charge is 0.329 e. The van der Waals surface area contributed by atoms with Gasteiger partial charge in [-0.15, -0.1) is 0 Å². The van der Waals surface area contributed by atoms with E-state index in [1.807, 2.05) is 0 Å². The third kappa shape index (κ3) is 3.60. The lowest BCUT2D eigenvalue weighted by molar-refractivity contribution is -0.137. The van der Waals surface area contributed by atoms with Gasteiger partial charge >= 0.3 is 11.8 Å². The number of hydrogen-bond acceptors (Lipinski definition) is 4. The molecule has 0 aromatic heterocycles. The van der Waals surface area contributed by atoms with E-state index in [0.717, 1.165) is 5.56 Å². The fourth-order valence-electron chi connectivity index (χ4n) is 1.10. The fraction of sp³-hybridized carbons (Fsp3) is 0.182. The minimum absolute atomic E-state index is 0.540. The van der Waals surface area contributed by atoms with Crippen LogP contribution in [-0.4, -0.2) is 24.6 Å². The first kappa shape index (κ1) is 12.7. The highest BCUT2D eigenvalue weighted by molar-refractivity contribution is 6.34. The van der Waals surface area contributed by atoms with E-state index < -0.39 is 11.8 Å². The first-order valence-electron chi connectivity index (χ1n) is 4.83. The lowest BCUT2D eigenvalue weighted by Crippen LogP contribution is -2.33. The monoisotopic (exact) mass is 235 g/mol. The molecule has 0 saturated carbocycles. The van der Waals surface area contributed by atoms with Gasteiger partial charge in [0.25, 0.3) is 0 Å². The number of nitrogens with two attached hydrogens (primary N) is 1. The molecular formula is C11H13N3O3. The lowest BCUT2D eigenvalue weighted by atomic mass is 10.1. The Morgan fingerprint density at radius 3 is 2.71 bits per heavy atom. The van der Waals surface area contributed by atoms with Gasteiger partial charge in [-0.05, 0) is 19.1 Å². The second kappa shape index (κ2) is 5.64. The number of hydrazone groups is 1. The summed E-state index contributed by atoms with van der Waals surface area (Å²) in [6.45, 7) is 1.69. The van der Waals surface area contributed by atoms with Gasteiger partial charge in [0, 0.05) is 5.56 Å². The summed E-state index contributed by atoms with van der Waals surface area (Å²) in [7, 11) is 1.56. The van der Waals surface area contributed by atoms with E-state index in [4.69, 9.17) is 10.5 Å². The summed E-state index contributed by atoms with van der Waals surface area (Å²) in [5, 5.41) is 3.75. The number of benzene rings is 1. The maximum atomic E-state index is 10.9. The number of ether oxygens (including phenoxy) is 1. The molecule has 0 heterocycles. The number of amides is 2. The van der Waals surface area contributed by atoms with Crippen molar-refractivity contribution in [1.82, 2.24) is 5.43 Å². The van der Waals surface area contributed by atoms with Crippen molar-refractivity contribution >= 4 is 17.5 Å². The molecule has 17 heavy (non-hydrogen) atoms. The third-order valence-electron chi connectivity index (χ3n) is 2.04. The quantitative estimate of drug-likeness (QED) is 0.439. The van der Waals surface area contributed by atoms with Gasteiger partial charge in [0.15, 0.2) is 0 Å². The molecule has 0 atom stereocenters. The molecule has 0 unspecified atom stereocenters. The van der Waals surface area contributed by atoms with Crippen molar-refractivity contribution < 1.29 is 14.3 Å². The van der Waals surface area contributed by atoms with Crippen molar-refractivity contribution in [2.45, 2.75) is 6.92 Å². The SMILES string of the molecule is COc1cccc(/C(C)=N\NC(=O)C(N)=O)c1. The number of rotatable bonds is 3. The van der Waals surface area contributed by atoms with Crippen LogP contribution in [0.5, 0.6) is 5.75 Å². The Bertz CT molecular complexity index is 469. The van der Waals surface area contributed by atoms with Gasteiger partial charge in [-0.1, -0.05) is 12.1 Å². The van der Waals surface area contributed by atoms with Crippen molar-refractivity contribution in [2.75, 3.05) is 7.11 Å². The van der Waals surface area contributed by atoms with E-state index in [2.05, 4.69) is 10.5 Å². The van der Waals surface area contributed by atoms with E-state index in [1.165, 1.54) is 0 Å². The van der Waals surface area contributed by atoms with Gasteiger partial charge < -0.3 is 10.5 Å².